The molecule has 1 aromatic rings. The molecule has 1 rings (SSSR count). The highest BCUT2D eigenvalue weighted by molar-refractivity contribution is 6.30. The molecule has 0 saturated carbocycles. The van der Waals surface area contributed by atoms with Crippen molar-refractivity contribution in [2.75, 3.05) is 26.7 Å². The van der Waals surface area contributed by atoms with Gasteiger partial charge in [-0.15, -0.1) is 0 Å². The van der Waals surface area contributed by atoms with Crippen LogP contribution in [-0.4, -0.2) is 31.6 Å². The number of rotatable bonds is 11. The van der Waals surface area contributed by atoms with Crippen molar-refractivity contribution in [3.8, 4) is 0 Å². The third kappa shape index (κ3) is 7.85. The van der Waals surface area contributed by atoms with E-state index in [1.807, 2.05) is 12.1 Å². The van der Waals surface area contributed by atoms with Gasteiger partial charge in [0.2, 0.25) is 0 Å². The van der Waals surface area contributed by atoms with Gasteiger partial charge in [0, 0.05) is 11.1 Å². The maximum absolute atomic E-state index is 5.94. The Labute approximate surface area is 135 Å². The lowest BCUT2D eigenvalue weighted by Crippen LogP contribution is -2.23. The number of benzene rings is 1. The highest BCUT2D eigenvalue weighted by Gasteiger charge is 2.10. The van der Waals surface area contributed by atoms with Crippen LogP contribution in [0.4, 0.5) is 0 Å². The first-order chi connectivity index (χ1) is 10.1. The maximum Gasteiger partial charge on any atom is 0.0406 e. The molecular weight excluding hydrogens is 280 g/mol. The minimum absolute atomic E-state index is 0.452. The van der Waals surface area contributed by atoms with E-state index in [1.165, 1.54) is 44.2 Å². The number of nitrogens with one attached hydrogen (secondary N) is 1. The summed E-state index contributed by atoms with van der Waals surface area (Å²) < 4.78 is 0. The Kier molecular flexibility index (Phi) is 9.73. The molecule has 0 aromatic heterocycles. The van der Waals surface area contributed by atoms with Crippen molar-refractivity contribution in [1.29, 1.82) is 0 Å². The Morgan fingerprint density at radius 3 is 2.38 bits per heavy atom. The van der Waals surface area contributed by atoms with Gasteiger partial charge in [0.05, 0.1) is 0 Å². The molecule has 0 fully saturated rings. The van der Waals surface area contributed by atoms with E-state index in [-0.39, 0.29) is 0 Å². The van der Waals surface area contributed by atoms with E-state index in [2.05, 4.69) is 43.2 Å². The second-order valence-electron chi connectivity index (χ2n) is 5.87. The van der Waals surface area contributed by atoms with E-state index < -0.39 is 0 Å². The van der Waals surface area contributed by atoms with Gasteiger partial charge in [-0.1, -0.05) is 43.5 Å². The van der Waals surface area contributed by atoms with E-state index >= 15 is 0 Å². The first kappa shape index (κ1) is 18.5. The minimum Gasteiger partial charge on any atom is -0.317 e. The zero-order valence-corrected chi connectivity index (χ0v) is 14.6. The van der Waals surface area contributed by atoms with Crippen molar-refractivity contribution in [3.05, 3.63) is 34.9 Å². The highest BCUT2D eigenvalue weighted by atomic mass is 35.5. The summed E-state index contributed by atoms with van der Waals surface area (Å²) in [6, 6.07) is 8.66. The summed E-state index contributed by atoms with van der Waals surface area (Å²) in [7, 11) is 2.21. The monoisotopic (exact) mass is 310 g/mol. The van der Waals surface area contributed by atoms with Crippen LogP contribution < -0.4 is 5.32 Å². The van der Waals surface area contributed by atoms with E-state index in [1.54, 1.807) is 0 Å². The molecule has 0 radical (unpaired) electrons. The quantitative estimate of drug-likeness (QED) is 0.585. The second kappa shape index (κ2) is 11.1. The number of hydrogen-bond donors (Lipinski definition) is 1. The summed E-state index contributed by atoms with van der Waals surface area (Å²) in [4.78, 5) is 2.43. The van der Waals surface area contributed by atoms with Gasteiger partial charge in [-0.3, -0.25) is 4.90 Å². The average Bonchev–Trinajstić information content (AvgIpc) is 2.49. The zero-order valence-electron chi connectivity index (χ0n) is 13.9. The molecule has 0 aliphatic rings. The van der Waals surface area contributed by atoms with E-state index in [0.29, 0.717) is 6.04 Å². The summed E-state index contributed by atoms with van der Waals surface area (Å²) in [5.41, 5.74) is 1.34. The lowest BCUT2D eigenvalue weighted by Gasteiger charge is -2.25. The third-order valence-corrected chi connectivity index (χ3v) is 4.31. The first-order valence-electron chi connectivity index (χ1n) is 8.31. The second-order valence-corrected chi connectivity index (χ2v) is 6.31. The molecule has 0 saturated heterocycles. The van der Waals surface area contributed by atoms with Crippen LogP contribution in [0.5, 0.6) is 0 Å². The fourth-order valence-corrected chi connectivity index (χ4v) is 2.58. The summed E-state index contributed by atoms with van der Waals surface area (Å²) in [6.45, 7) is 7.96. The Balaban J connectivity index is 2.12. The van der Waals surface area contributed by atoms with Crippen LogP contribution in [0.1, 0.15) is 57.6 Å². The van der Waals surface area contributed by atoms with Crippen molar-refractivity contribution in [1.82, 2.24) is 10.2 Å². The Morgan fingerprint density at radius 1 is 1.05 bits per heavy atom. The fraction of sp³-hybridized carbons (Fsp3) is 0.667. The Hall–Kier alpha value is -0.570. The van der Waals surface area contributed by atoms with Crippen LogP contribution in [-0.2, 0) is 0 Å². The third-order valence-electron chi connectivity index (χ3n) is 4.05. The van der Waals surface area contributed by atoms with Crippen LogP contribution >= 0.6 is 11.6 Å². The largest absolute Gasteiger partial charge is 0.317 e. The zero-order chi connectivity index (χ0) is 15.5. The lowest BCUT2D eigenvalue weighted by molar-refractivity contribution is 0.255. The predicted molar refractivity (Wildman–Crippen MR) is 94.1 cm³/mol. The smallest absolute Gasteiger partial charge is 0.0406 e. The van der Waals surface area contributed by atoms with Gasteiger partial charge >= 0.3 is 0 Å². The summed E-state index contributed by atoms with van der Waals surface area (Å²) in [6.07, 6.45) is 6.47. The Morgan fingerprint density at radius 2 is 1.71 bits per heavy atom. The van der Waals surface area contributed by atoms with E-state index in [9.17, 15) is 0 Å². The number of nitrogens with zero attached hydrogens (tertiary/aromatic N) is 1. The molecule has 3 heteroatoms. The Bertz CT molecular complexity index is 364. The normalized spacial score (nSPS) is 12.8. The topological polar surface area (TPSA) is 15.3 Å². The van der Waals surface area contributed by atoms with E-state index in [0.717, 1.165) is 18.1 Å². The molecule has 0 aliphatic carbocycles. The number of unbranched alkanes of at least 4 members (excludes halogenated alkanes) is 3. The number of halogens is 1. The van der Waals surface area contributed by atoms with Gasteiger partial charge in [-0.2, -0.15) is 0 Å². The molecule has 1 N–H and O–H groups in total. The van der Waals surface area contributed by atoms with Gasteiger partial charge in [0.15, 0.2) is 0 Å². The minimum atomic E-state index is 0.452. The molecule has 0 heterocycles. The summed E-state index contributed by atoms with van der Waals surface area (Å²) in [5, 5.41) is 4.27. The maximum atomic E-state index is 5.94. The number of hydrogen-bond acceptors (Lipinski definition) is 2. The van der Waals surface area contributed by atoms with Gasteiger partial charge in [-0.25, -0.2) is 0 Å². The van der Waals surface area contributed by atoms with Crippen molar-refractivity contribution in [3.63, 3.8) is 0 Å². The van der Waals surface area contributed by atoms with Gasteiger partial charge in [0.25, 0.3) is 0 Å². The molecule has 120 valence electrons. The van der Waals surface area contributed by atoms with Gasteiger partial charge in [-0.05, 0) is 70.6 Å². The van der Waals surface area contributed by atoms with Crippen molar-refractivity contribution in [2.24, 2.45) is 0 Å². The van der Waals surface area contributed by atoms with Crippen molar-refractivity contribution < 1.29 is 0 Å². The molecule has 1 aromatic carbocycles. The van der Waals surface area contributed by atoms with Crippen LogP contribution in [0.3, 0.4) is 0 Å². The standard InChI is InChI=1S/C18H31ClN2/c1-4-13-20-14-7-5-6-8-15-21(3)16(2)17-9-11-18(19)12-10-17/h9-12,16,20H,4-8,13-15H2,1-3H3. The van der Waals surface area contributed by atoms with Gasteiger partial charge in [0.1, 0.15) is 0 Å². The molecule has 1 unspecified atom stereocenters. The summed E-state index contributed by atoms with van der Waals surface area (Å²) in [5.74, 6) is 0. The predicted octanol–water partition coefficient (Wildman–Crippen LogP) is 4.89. The molecule has 21 heavy (non-hydrogen) atoms. The average molecular weight is 311 g/mol. The fourth-order valence-electron chi connectivity index (χ4n) is 2.46. The summed E-state index contributed by atoms with van der Waals surface area (Å²) >= 11 is 5.94. The van der Waals surface area contributed by atoms with Crippen molar-refractivity contribution >= 4 is 11.6 Å². The molecule has 0 amide bonds. The van der Waals surface area contributed by atoms with Crippen molar-refractivity contribution in [2.45, 2.75) is 52.0 Å². The molecule has 0 bridgehead atoms. The molecule has 1 atom stereocenters. The van der Waals surface area contributed by atoms with Crippen LogP contribution in [0.2, 0.25) is 5.02 Å². The van der Waals surface area contributed by atoms with Crippen LogP contribution in [0.25, 0.3) is 0 Å². The molecule has 0 aliphatic heterocycles. The lowest BCUT2D eigenvalue weighted by atomic mass is 10.1. The first-order valence-corrected chi connectivity index (χ1v) is 8.69. The highest BCUT2D eigenvalue weighted by Crippen LogP contribution is 2.21. The van der Waals surface area contributed by atoms with E-state index in [4.69, 9.17) is 11.6 Å². The SMILES string of the molecule is CCCNCCCCCCN(C)C(C)c1ccc(Cl)cc1. The molecular formula is C18H31ClN2. The van der Waals surface area contributed by atoms with Crippen LogP contribution in [0, 0.1) is 0 Å². The van der Waals surface area contributed by atoms with Crippen LogP contribution in [0.15, 0.2) is 24.3 Å². The van der Waals surface area contributed by atoms with Gasteiger partial charge < -0.3 is 5.32 Å². The molecule has 0 spiro atoms. The molecule has 2 nitrogen and oxygen atoms in total.